The second kappa shape index (κ2) is 7.24. The van der Waals surface area contributed by atoms with Crippen molar-refractivity contribution in [1.29, 1.82) is 5.26 Å². The lowest BCUT2D eigenvalue weighted by atomic mass is 10.3. The van der Waals surface area contributed by atoms with Crippen LogP contribution in [0.4, 0.5) is 0 Å². The lowest BCUT2D eigenvalue weighted by molar-refractivity contribution is 0.558. The molecule has 1 atom stereocenters. The Hall–Kier alpha value is -1.26. The van der Waals surface area contributed by atoms with E-state index in [2.05, 4.69) is 21.6 Å². The third-order valence-electron chi connectivity index (χ3n) is 2.24. The number of nitrogens with zero attached hydrogens (tertiary/aromatic N) is 3. The molecular weight excluding hydrogens is 250 g/mol. The molecule has 0 spiro atoms. The van der Waals surface area contributed by atoms with Crippen LogP contribution < -0.4 is 11.0 Å². The van der Waals surface area contributed by atoms with Gasteiger partial charge < -0.3 is 0 Å². The van der Waals surface area contributed by atoms with Gasteiger partial charge in [-0.1, -0.05) is 18.7 Å². The molecule has 0 fully saturated rings. The Balaban J connectivity index is 2.62. The first-order chi connectivity index (χ1) is 8.58. The first-order valence-corrected chi connectivity index (χ1v) is 7.00. The molecule has 0 bridgehead atoms. The molecule has 18 heavy (non-hydrogen) atoms. The molecule has 6 nitrogen and oxygen atoms in total. The number of thioether (sulfide) groups is 1. The molecule has 1 rings (SSSR count). The van der Waals surface area contributed by atoms with E-state index in [0.717, 1.165) is 6.42 Å². The van der Waals surface area contributed by atoms with Crippen molar-refractivity contribution in [3.63, 3.8) is 0 Å². The van der Waals surface area contributed by atoms with Gasteiger partial charge in [-0.25, -0.2) is 9.89 Å². The Morgan fingerprint density at radius 2 is 2.33 bits per heavy atom. The number of aromatic amines is 1. The molecule has 0 radical (unpaired) electrons. The summed E-state index contributed by atoms with van der Waals surface area (Å²) in [4.78, 5) is 11.5. The van der Waals surface area contributed by atoms with Gasteiger partial charge in [0.15, 0.2) is 5.16 Å². The lowest BCUT2D eigenvalue weighted by Crippen LogP contribution is -2.35. The topological polar surface area (TPSA) is 86.5 Å². The maximum Gasteiger partial charge on any atom is 0.343 e. The molecule has 0 saturated carbocycles. The average Bonchev–Trinajstić information content (AvgIpc) is 2.67. The Kier molecular flexibility index (Phi) is 5.95. The first kappa shape index (κ1) is 14.8. The van der Waals surface area contributed by atoms with E-state index < -0.39 is 0 Å². The van der Waals surface area contributed by atoms with Crippen LogP contribution in [0.5, 0.6) is 0 Å². The number of rotatable bonds is 7. The van der Waals surface area contributed by atoms with Crippen molar-refractivity contribution in [2.24, 2.45) is 0 Å². The summed E-state index contributed by atoms with van der Waals surface area (Å²) in [6.07, 6.45) is 0.874. The fourth-order valence-corrected chi connectivity index (χ4v) is 2.44. The molecule has 1 aromatic heterocycles. The average molecular weight is 269 g/mol. The van der Waals surface area contributed by atoms with Crippen LogP contribution in [0.3, 0.4) is 0 Å². The quantitative estimate of drug-likeness (QED) is 0.720. The van der Waals surface area contributed by atoms with E-state index in [-0.39, 0.29) is 17.8 Å². The summed E-state index contributed by atoms with van der Waals surface area (Å²) in [5, 5.41) is 19.2. The molecule has 0 aliphatic rings. The minimum atomic E-state index is -0.239. The smallest absolute Gasteiger partial charge is 0.299 e. The van der Waals surface area contributed by atoms with E-state index in [0.29, 0.717) is 17.5 Å². The van der Waals surface area contributed by atoms with Crippen LogP contribution in [0.2, 0.25) is 0 Å². The van der Waals surface area contributed by atoms with Crippen molar-refractivity contribution in [3.8, 4) is 6.07 Å². The highest BCUT2D eigenvalue weighted by atomic mass is 32.2. The molecule has 0 amide bonds. The largest absolute Gasteiger partial charge is 0.343 e. The van der Waals surface area contributed by atoms with Gasteiger partial charge in [0, 0.05) is 18.3 Å². The normalized spacial score (nSPS) is 12.6. The number of hydrogen-bond acceptors (Lipinski definition) is 5. The molecule has 1 unspecified atom stereocenters. The molecule has 1 aromatic rings. The summed E-state index contributed by atoms with van der Waals surface area (Å²) in [6, 6.07) is 2.22. The summed E-state index contributed by atoms with van der Waals surface area (Å²) in [5.74, 6) is 0.572. The van der Waals surface area contributed by atoms with Crippen molar-refractivity contribution < 1.29 is 0 Å². The van der Waals surface area contributed by atoms with Gasteiger partial charge in [-0.05, 0) is 20.3 Å². The van der Waals surface area contributed by atoms with Crippen molar-refractivity contribution in [3.05, 3.63) is 10.5 Å². The summed E-state index contributed by atoms with van der Waals surface area (Å²) >= 11 is 1.42. The van der Waals surface area contributed by atoms with Gasteiger partial charge >= 0.3 is 5.69 Å². The standard InChI is InChI=1S/C11H19N5OS/c1-4-5-16-10(17)14-15-11(16)18-7-9(6-12)13-8(2)3/h8-9,13H,4-5,7H2,1-3H3,(H,14,17). The zero-order valence-corrected chi connectivity index (χ0v) is 11.8. The fourth-order valence-electron chi connectivity index (χ4n) is 1.52. The highest BCUT2D eigenvalue weighted by Gasteiger charge is 2.13. The number of aromatic nitrogens is 3. The van der Waals surface area contributed by atoms with Gasteiger partial charge in [-0.3, -0.25) is 9.88 Å². The number of H-pyrrole nitrogens is 1. The van der Waals surface area contributed by atoms with Gasteiger partial charge in [0.2, 0.25) is 0 Å². The fraction of sp³-hybridized carbons (Fsp3) is 0.727. The van der Waals surface area contributed by atoms with E-state index in [1.165, 1.54) is 11.8 Å². The third kappa shape index (κ3) is 4.20. The molecule has 100 valence electrons. The number of nitriles is 1. The maximum atomic E-state index is 11.5. The molecule has 2 N–H and O–H groups in total. The lowest BCUT2D eigenvalue weighted by Gasteiger charge is -2.13. The second-order valence-corrected chi connectivity index (χ2v) is 5.26. The van der Waals surface area contributed by atoms with Crippen molar-refractivity contribution in [2.45, 2.75) is 51.0 Å². The second-order valence-electron chi connectivity index (χ2n) is 4.28. The summed E-state index contributed by atoms with van der Waals surface area (Å²) < 4.78 is 1.61. The molecule has 1 heterocycles. The predicted octanol–water partition coefficient (Wildman–Crippen LogP) is 0.964. The Morgan fingerprint density at radius 3 is 2.89 bits per heavy atom. The Bertz CT molecular complexity index is 459. The highest BCUT2D eigenvalue weighted by Crippen LogP contribution is 2.14. The SMILES string of the molecule is CCCn1c(SCC(C#N)NC(C)C)n[nH]c1=O. The van der Waals surface area contributed by atoms with Gasteiger partial charge in [0.05, 0.1) is 6.07 Å². The minimum Gasteiger partial charge on any atom is -0.299 e. The van der Waals surface area contributed by atoms with Gasteiger partial charge in [-0.15, -0.1) is 5.10 Å². The third-order valence-corrected chi connectivity index (χ3v) is 3.31. The van der Waals surface area contributed by atoms with Gasteiger partial charge in [-0.2, -0.15) is 5.26 Å². The van der Waals surface area contributed by atoms with Crippen LogP contribution in [-0.4, -0.2) is 32.6 Å². The van der Waals surface area contributed by atoms with Crippen LogP contribution in [0.15, 0.2) is 9.95 Å². The van der Waals surface area contributed by atoms with E-state index >= 15 is 0 Å². The molecule has 0 aliphatic heterocycles. The summed E-state index contributed by atoms with van der Waals surface area (Å²) in [5.41, 5.74) is -0.190. The Morgan fingerprint density at radius 1 is 1.61 bits per heavy atom. The van der Waals surface area contributed by atoms with Gasteiger partial charge in [0.25, 0.3) is 0 Å². The zero-order valence-electron chi connectivity index (χ0n) is 10.9. The Labute approximate surface area is 111 Å². The monoisotopic (exact) mass is 269 g/mol. The van der Waals surface area contributed by atoms with Crippen molar-refractivity contribution in [2.75, 3.05) is 5.75 Å². The van der Waals surface area contributed by atoms with Crippen LogP contribution >= 0.6 is 11.8 Å². The van der Waals surface area contributed by atoms with E-state index in [4.69, 9.17) is 5.26 Å². The molecule has 7 heteroatoms. The summed E-state index contributed by atoms with van der Waals surface area (Å²) in [7, 11) is 0. The number of nitrogens with one attached hydrogen (secondary N) is 2. The zero-order chi connectivity index (χ0) is 13.5. The first-order valence-electron chi connectivity index (χ1n) is 6.02. The molecular formula is C11H19N5OS. The maximum absolute atomic E-state index is 11.5. The van der Waals surface area contributed by atoms with E-state index in [9.17, 15) is 4.79 Å². The van der Waals surface area contributed by atoms with Gasteiger partial charge in [0.1, 0.15) is 6.04 Å². The van der Waals surface area contributed by atoms with Crippen LogP contribution in [0, 0.1) is 11.3 Å². The molecule has 0 aliphatic carbocycles. The summed E-state index contributed by atoms with van der Waals surface area (Å²) in [6.45, 7) is 6.64. The molecule has 0 aromatic carbocycles. The van der Waals surface area contributed by atoms with E-state index in [1.54, 1.807) is 4.57 Å². The molecule has 0 saturated heterocycles. The van der Waals surface area contributed by atoms with Crippen LogP contribution in [-0.2, 0) is 6.54 Å². The number of hydrogen-bond donors (Lipinski definition) is 2. The van der Waals surface area contributed by atoms with Crippen LogP contribution in [0.1, 0.15) is 27.2 Å². The van der Waals surface area contributed by atoms with Crippen molar-refractivity contribution in [1.82, 2.24) is 20.1 Å². The minimum absolute atomic E-state index is 0.190. The van der Waals surface area contributed by atoms with E-state index in [1.807, 2.05) is 20.8 Å². The van der Waals surface area contributed by atoms with Crippen LogP contribution in [0.25, 0.3) is 0 Å². The highest BCUT2D eigenvalue weighted by molar-refractivity contribution is 7.99. The van der Waals surface area contributed by atoms with Crippen molar-refractivity contribution >= 4 is 11.8 Å². The predicted molar refractivity (Wildman–Crippen MR) is 71.5 cm³/mol.